The molecule has 2 atom stereocenters. The Balaban J connectivity index is 1.35. The number of allylic oxidation sites excluding steroid dienone is 4. The maximum absolute atomic E-state index is 14.7. The van der Waals surface area contributed by atoms with Crippen LogP contribution in [0.4, 0.5) is 0 Å². The van der Waals surface area contributed by atoms with E-state index in [2.05, 4.69) is 24.3 Å². The van der Waals surface area contributed by atoms with Crippen molar-refractivity contribution in [2.75, 3.05) is 0 Å². The van der Waals surface area contributed by atoms with Gasteiger partial charge in [0.2, 0.25) is 0 Å². The van der Waals surface area contributed by atoms with Crippen molar-refractivity contribution in [3.8, 4) is 11.1 Å². The maximum atomic E-state index is 14.7. The topological polar surface area (TPSA) is 34.1 Å². The SMILES string of the molecule is O=P(c1ccccc1)(c1ccccc1)c1ccc(-c2ccc(P(=O)(c3ccccc3)C3C=CC=CC3)cc2)cc1. The van der Waals surface area contributed by atoms with Gasteiger partial charge >= 0.3 is 0 Å². The van der Waals surface area contributed by atoms with Crippen LogP contribution in [0.5, 0.6) is 0 Å². The molecule has 0 aliphatic heterocycles. The Morgan fingerprint density at radius 3 is 1.30 bits per heavy atom. The molecule has 0 heterocycles. The van der Waals surface area contributed by atoms with E-state index in [1.54, 1.807) is 0 Å². The van der Waals surface area contributed by atoms with E-state index < -0.39 is 14.3 Å². The van der Waals surface area contributed by atoms with Crippen LogP contribution in [0.2, 0.25) is 0 Å². The van der Waals surface area contributed by atoms with Gasteiger partial charge in [0.05, 0.1) is 0 Å². The van der Waals surface area contributed by atoms with E-state index in [-0.39, 0.29) is 5.66 Å². The highest BCUT2D eigenvalue weighted by molar-refractivity contribution is 7.85. The average molecular weight is 557 g/mol. The standard InChI is InChI=1S/C36H30O2P2/c37-39(31-13-5-1-6-14-31,32-15-7-2-8-16-32)35-25-21-29(22-26-35)30-23-27-36(28-24-30)40(38,33-17-9-3-10-18-33)34-19-11-4-12-20-34/h1-19,21-28,34H,20H2. The van der Waals surface area contributed by atoms with Crippen LogP contribution in [0.15, 0.2) is 164 Å². The van der Waals surface area contributed by atoms with Crippen molar-refractivity contribution in [3.05, 3.63) is 164 Å². The fraction of sp³-hybridized carbons (Fsp3) is 0.0556. The summed E-state index contributed by atoms with van der Waals surface area (Å²) in [7, 11) is -5.90. The third-order valence-electron chi connectivity index (χ3n) is 7.62. The van der Waals surface area contributed by atoms with Crippen LogP contribution in [-0.2, 0) is 9.13 Å². The molecule has 5 aromatic carbocycles. The van der Waals surface area contributed by atoms with Crippen LogP contribution < -0.4 is 26.5 Å². The van der Waals surface area contributed by atoms with Gasteiger partial charge < -0.3 is 9.13 Å². The summed E-state index contributed by atoms with van der Waals surface area (Å²) >= 11 is 0. The molecule has 0 spiro atoms. The van der Waals surface area contributed by atoms with Gasteiger partial charge in [0.15, 0.2) is 7.14 Å². The summed E-state index contributed by atoms with van der Waals surface area (Å²) in [5.41, 5.74) is 2.00. The largest absolute Gasteiger partial charge is 0.313 e. The molecule has 2 unspecified atom stereocenters. The Hall–Kier alpha value is -3.96. The van der Waals surface area contributed by atoms with Crippen LogP contribution in [-0.4, -0.2) is 5.66 Å². The second-order valence-electron chi connectivity index (χ2n) is 9.98. The lowest BCUT2D eigenvalue weighted by atomic mass is 10.1. The first-order valence-electron chi connectivity index (χ1n) is 13.5. The number of hydrogen-bond acceptors (Lipinski definition) is 2. The minimum atomic E-state index is -3.02. The monoisotopic (exact) mass is 556 g/mol. The lowest BCUT2D eigenvalue weighted by molar-refractivity contribution is 0.582. The molecule has 1 aliphatic carbocycles. The summed E-state index contributed by atoms with van der Waals surface area (Å²) in [5, 5.41) is 4.19. The smallest absolute Gasteiger partial charge is 0.171 e. The second kappa shape index (κ2) is 11.3. The quantitative estimate of drug-likeness (QED) is 0.199. The van der Waals surface area contributed by atoms with E-state index in [1.807, 2.05) is 140 Å². The number of hydrogen-bond donors (Lipinski definition) is 0. The van der Waals surface area contributed by atoms with Crippen LogP contribution in [0.25, 0.3) is 11.1 Å². The van der Waals surface area contributed by atoms with Crippen LogP contribution in [0, 0.1) is 0 Å². The van der Waals surface area contributed by atoms with E-state index >= 15 is 0 Å². The highest BCUT2D eigenvalue weighted by Gasteiger charge is 2.35. The molecule has 40 heavy (non-hydrogen) atoms. The van der Waals surface area contributed by atoms with Crippen molar-refractivity contribution >= 4 is 40.8 Å². The van der Waals surface area contributed by atoms with Gasteiger partial charge in [0.25, 0.3) is 0 Å². The highest BCUT2D eigenvalue weighted by atomic mass is 31.2. The molecular weight excluding hydrogens is 526 g/mol. The molecule has 0 fully saturated rings. The lowest BCUT2D eigenvalue weighted by Crippen LogP contribution is -2.25. The van der Waals surface area contributed by atoms with Crippen molar-refractivity contribution in [2.24, 2.45) is 0 Å². The molecule has 0 N–H and O–H groups in total. The maximum Gasteiger partial charge on any atom is 0.171 e. The minimum Gasteiger partial charge on any atom is -0.313 e. The molecule has 0 amide bonds. The Labute approximate surface area is 236 Å². The molecule has 4 heteroatoms. The predicted octanol–water partition coefficient (Wildman–Crippen LogP) is 7.19. The fourth-order valence-electron chi connectivity index (χ4n) is 5.48. The van der Waals surface area contributed by atoms with Gasteiger partial charge in [-0.2, -0.15) is 0 Å². The van der Waals surface area contributed by atoms with E-state index in [9.17, 15) is 9.13 Å². The van der Waals surface area contributed by atoms with E-state index in [0.29, 0.717) is 0 Å². The zero-order chi connectivity index (χ0) is 27.4. The highest BCUT2D eigenvalue weighted by Crippen LogP contribution is 2.51. The average Bonchev–Trinajstić information content (AvgIpc) is 3.06. The molecule has 0 radical (unpaired) electrons. The Morgan fingerprint density at radius 1 is 0.450 bits per heavy atom. The van der Waals surface area contributed by atoms with Crippen LogP contribution in [0.1, 0.15) is 6.42 Å². The van der Waals surface area contributed by atoms with E-state index in [0.717, 1.165) is 44.1 Å². The Bertz CT molecular complexity index is 1700. The molecule has 0 saturated heterocycles. The van der Waals surface area contributed by atoms with Gasteiger partial charge in [-0.05, 0) is 17.5 Å². The molecule has 6 rings (SSSR count). The van der Waals surface area contributed by atoms with Gasteiger partial charge in [0.1, 0.15) is 7.14 Å². The van der Waals surface area contributed by atoms with Gasteiger partial charge in [0, 0.05) is 32.2 Å². The summed E-state index contributed by atoms with van der Waals surface area (Å²) < 4.78 is 29.4. The number of rotatable bonds is 7. The first kappa shape index (κ1) is 26.3. The molecule has 2 nitrogen and oxygen atoms in total. The first-order valence-corrected chi connectivity index (χ1v) is 17.0. The fourth-order valence-corrected chi connectivity index (χ4v) is 11.2. The van der Waals surface area contributed by atoms with Crippen LogP contribution in [0.3, 0.4) is 0 Å². The normalized spacial score (nSPS) is 16.4. The molecule has 1 aliphatic rings. The molecular formula is C36H30O2P2. The Morgan fingerprint density at radius 2 is 0.850 bits per heavy atom. The zero-order valence-electron chi connectivity index (χ0n) is 22.1. The summed E-state index contributed by atoms with van der Waals surface area (Å²) in [5.74, 6) is 0. The van der Waals surface area contributed by atoms with Crippen molar-refractivity contribution in [1.29, 1.82) is 0 Å². The van der Waals surface area contributed by atoms with Crippen molar-refractivity contribution in [3.63, 3.8) is 0 Å². The molecule has 5 aromatic rings. The van der Waals surface area contributed by atoms with Crippen molar-refractivity contribution in [2.45, 2.75) is 12.1 Å². The van der Waals surface area contributed by atoms with Gasteiger partial charge in [-0.3, -0.25) is 0 Å². The molecule has 0 bridgehead atoms. The number of benzene rings is 5. The van der Waals surface area contributed by atoms with E-state index in [4.69, 9.17) is 0 Å². The van der Waals surface area contributed by atoms with Gasteiger partial charge in [-0.15, -0.1) is 0 Å². The van der Waals surface area contributed by atoms with Gasteiger partial charge in [-0.1, -0.05) is 164 Å². The summed E-state index contributed by atoms with van der Waals surface area (Å²) in [6, 6.07) is 45.5. The minimum absolute atomic E-state index is 0.0600. The third-order valence-corrected chi connectivity index (χ3v) is 14.1. The van der Waals surface area contributed by atoms with Crippen molar-refractivity contribution in [1.82, 2.24) is 0 Å². The van der Waals surface area contributed by atoms with Crippen molar-refractivity contribution < 1.29 is 9.13 Å². The van der Waals surface area contributed by atoms with Crippen LogP contribution >= 0.6 is 14.3 Å². The summed E-state index contributed by atoms with van der Waals surface area (Å²) in [6.45, 7) is 0. The molecule has 196 valence electrons. The molecule has 0 aromatic heterocycles. The zero-order valence-corrected chi connectivity index (χ0v) is 23.9. The van der Waals surface area contributed by atoms with Gasteiger partial charge in [-0.25, -0.2) is 0 Å². The predicted molar refractivity (Wildman–Crippen MR) is 171 cm³/mol. The first-order chi connectivity index (χ1) is 19.6. The lowest BCUT2D eigenvalue weighted by Gasteiger charge is -2.27. The second-order valence-corrected chi connectivity index (χ2v) is 15.8. The van der Waals surface area contributed by atoms with E-state index in [1.165, 1.54) is 0 Å². The Kier molecular flexibility index (Phi) is 7.40. The summed E-state index contributed by atoms with van der Waals surface area (Å²) in [4.78, 5) is 0. The summed E-state index contributed by atoms with van der Waals surface area (Å²) in [6.07, 6.45) is 8.96. The third kappa shape index (κ3) is 4.79. The molecule has 0 saturated carbocycles.